The van der Waals surface area contributed by atoms with Crippen LogP contribution >= 0.6 is 0 Å². The topological polar surface area (TPSA) is 47.7 Å². The molecule has 5 nitrogen and oxygen atoms in total. The molecule has 0 fully saturated rings. The molecule has 0 atom stereocenters. The molecule has 112 valence electrons. The fraction of sp³-hybridized carbons (Fsp3) is 0. The molecular formula is C18H15N5. The van der Waals surface area contributed by atoms with Crippen LogP contribution in [0.5, 0.6) is 0 Å². The zero-order valence-electron chi connectivity index (χ0n) is 12.4. The smallest absolute Gasteiger partial charge is 0.0666 e. The second-order valence-corrected chi connectivity index (χ2v) is 5.13. The van der Waals surface area contributed by atoms with Crippen LogP contribution in [0.4, 0.5) is 11.4 Å². The molecule has 0 saturated heterocycles. The van der Waals surface area contributed by atoms with Crippen LogP contribution in [0.15, 0.2) is 85.5 Å². The molecule has 2 heterocycles. The highest BCUT2D eigenvalue weighted by atomic mass is 15.3. The van der Waals surface area contributed by atoms with Crippen LogP contribution in [0, 0.1) is 0 Å². The molecule has 0 unspecified atom stereocenters. The van der Waals surface area contributed by atoms with Crippen LogP contribution in [0.1, 0.15) is 0 Å². The first-order valence-electron chi connectivity index (χ1n) is 7.36. The highest BCUT2D eigenvalue weighted by Crippen LogP contribution is 2.21. The number of nitrogens with one attached hydrogen (secondary N) is 1. The number of anilines is 2. The lowest BCUT2D eigenvalue weighted by Gasteiger charge is -2.10. The minimum Gasteiger partial charge on any atom is -0.355 e. The normalized spacial score (nSPS) is 10.6. The van der Waals surface area contributed by atoms with Gasteiger partial charge in [-0.25, -0.2) is 9.36 Å². The van der Waals surface area contributed by atoms with Gasteiger partial charge in [-0.2, -0.15) is 10.2 Å². The summed E-state index contributed by atoms with van der Waals surface area (Å²) < 4.78 is 3.68. The number of aromatic nitrogens is 4. The van der Waals surface area contributed by atoms with E-state index in [4.69, 9.17) is 0 Å². The van der Waals surface area contributed by atoms with Gasteiger partial charge >= 0.3 is 0 Å². The number of rotatable bonds is 4. The molecule has 4 rings (SSSR count). The van der Waals surface area contributed by atoms with Gasteiger partial charge in [0.15, 0.2) is 0 Å². The second kappa shape index (κ2) is 5.81. The van der Waals surface area contributed by atoms with Crippen molar-refractivity contribution in [2.75, 3.05) is 5.32 Å². The summed E-state index contributed by atoms with van der Waals surface area (Å²) in [7, 11) is 0. The number of nitrogens with zero attached hydrogens (tertiary/aromatic N) is 4. The zero-order chi connectivity index (χ0) is 15.5. The molecule has 0 radical (unpaired) electrons. The minimum absolute atomic E-state index is 1.01. The molecule has 2 aromatic carbocycles. The van der Waals surface area contributed by atoms with Gasteiger partial charge in [-0.3, -0.25) is 0 Å². The predicted octanol–water partition coefficient (Wildman–Crippen LogP) is 3.80. The number of hydrogen-bond donors (Lipinski definition) is 1. The average molecular weight is 301 g/mol. The third kappa shape index (κ3) is 2.85. The number of benzene rings is 2. The summed E-state index contributed by atoms with van der Waals surface area (Å²) in [5, 5.41) is 11.9. The SMILES string of the molecule is c1cc(Nc2cccc(-n3cccn3)c2)cc(-n2cccn2)c1. The average Bonchev–Trinajstić information content (AvgIpc) is 3.29. The Morgan fingerprint density at radius 1 is 0.652 bits per heavy atom. The fourth-order valence-electron chi connectivity index (χ4n) is 2.46. The van der Waals surface area contributed by atoms with Crippen LogP contribution in [0.25, 0.3) is 11.4 Å². The zero-order valence-corrected chi connectivity index (χ0v) is 12.4. The summed E-state index contributed by atoms with van der Waals surface area (Å²) in [6.45, 7) is 0. The van der Waals surface area contributed by atoms with E-state index < -0.39 is 0 Å². The second-order valence-electron chi connectivity index (χ2n) is 5.13. The predicted molar refractivity (Wildman–Crippen MR) is 90.4 cm³/mol. The lowest BCUT2D eigenvalue weighted by Crippen LogP contribution is -1.98. The summed E-state index contributed by atoms with van der Waals surface area (Å²) in [4.78, 5) is 0. The summed E-state index contributed by atoms with van der Waals surface area (Å²) in [6.07, 6.45) is 7.40. The molecule has 0 aliphatic heterocycles. The Hall–Kier alpha value is -3.34. The van der Waals surface area contributed by atoms with E-state index in [1.807, 2.05) is 70.3 Å². The van der Waals surface area contributed by atoms with Crippen molar-refractivity contribution in [1.82, 2.24) is 19.6 Å². The Morgan fingerprint density at radius 2 is 1.17 bits per heavy atom. The van der Waals surface area contributed by atoms with Crippen molar-refractivity contribution in [3.05, 3.63) is 85.5 Å². The lowest BCUT2D eigenvalue weighted by atomic mass is 10.2. The van der Waals surface area contributed by atoms with E-state index in [2.05, 4.69) is 27.6 Å². The lowest BCUT2D eigenvalue weighted by molar-refractivity contribution is 0.880. The molecule has 0 aliphatic rings. The van der Waals surface area contributed by atoms with Crippen molar-refractivity contribution < 1.29 is 0 Å². The van der Waals surface area contributed by atoms with Crippen LogP contribution in [0.2, 0.25) is 0 Å². The standard InChI is InChI=1S/C18H15N5/c1-5-15(13-17(7-1)22-11-3-9-19-22)21-16-6-2-8-18(14-16)23-12-4-10-20-23/h1-14,21H. The Balaban J connectivity index is 1.61. The maximum atomic E-state index is 4.26. The van der Waals surface area contributed by atoms with Crippen molar-refractivity contribution in [2.24, 2.45) is 0 Å². The first kappa shape index (κ1) is 13.3. The summed E-state index contributed by atoms with van der Waals surface area (Å²) >= 11 is 0. The molecule has 4 aromatic rings. The van der Waals surface area contributed by atoms with E-state index >= 15 is 0 Å². The van der Waals surface area contributed by atoms with Gasteiger partial charge in [0.05, 0.1) is 11.4 Å². The van der Waals surface area contributed by atoms with Crippen molar-refractivity contribution in [3.63, 3.8) is 0 Å². The van der Waals surface area contributed by atoms with Crippen molar-refractivity contribution in [3.8, 4) is 11.4 Å². The van der Waals surface area contributed by atoms with Gasteiger partial charge in [0.1, 0.15) is 0 Å². The molecule has 0 spiro atoms. The van der Waals surface area contributed by atoms with E-state index in [0.29, 0.717) is 0 Å². The van der Waals surface area contributed by atoms with E-state index in [0.717, 1.165) is 22.7 Å². The third-order valence-corrected chi connectivity index (χ3v) is 3.52. The first-order chi connectivity index (χ1) is 11.4. The quantitative estimate of drug-likeness (QED) is 0.623. The van der Waals surface area contributed by atoms with Crippen molar-refractivity contribution in [1.29, 1.82) is 0 Å². The van der Waals surface area contributed by atoms with E-state index in [9.17, 15) is 0 Å². The van der Waals surface area contributed by atoms with E-state index in [1.54, 1.807) is 12.4 Å². The molecule has 5 heteroatoms. The van der Waals surface area contributed by atoms with Gasteiger partial charge in [0, 0.05) is 36.2 Å². The molecule has 0 amide bonds. The highest BCUT2D eigenvalue weighted by Gasteiger charge is 2.01. The summed E-state index contributed by atoms with van der Waals surface area (Å²) in [5.41, 5.74) is 4.05. The van der Waals surface area contributed by atoms with Crippen LogP contribution in [0.3, 0.4) is 0 Å². The maximum absolute atomic E-state index is 4.26. The molecule has 0 aliphatic carbocycles. The molecule has 0 saturated carbocycles. The summed E-state index contributed by atoms with van der Waals surface area (Å²) in [6, 6.07) is 20.1. The van der Waals surface area contributed by atoms with Gasteiger partial charge in [-0.1, -0.05) is 12.1 Å². The third-order valence-electron chi connectivity index (χ3n) is 3.52. The Labute approximate surface area is 133 Å². The van der Waals surface area contributed by atoms with E-state index in [1.165, 1.54) is 0 Å². The van der Waals surface area contributed by atoms with Crippen molar-refractivity contribution in [2.45, 2.75) is 0 Å². The Kier molecular flexibility index (Phi) is 3.37. The van der Waals surface area contributed by atoms with Crippen LogP contribution in [-0.4, -0.2) is 19.6 Å². The molecule has 23 heavy (non-hydrogen) atoms. The van der Waals surface area contributed by atoms with Gasteiger partial charge in [-0.15, -0.1) is 0 Å². The largest absolute Gasteiger partial charge is 0.355 e. The summed E-state index contributed by atoms with van der Waals surface area (Å²) in [5.74, 6) is 0. The molecule has 1 N–H and O–H groups in total. The van der Waals surface area contributed by atoms with Gasteiger partial charge in [0.2, 0.25) is 0 Å². The van der Waals surface area contributed by atoms with Gasteiger partial charge in [-0.05, 0) is 48.5 Å². The molecular weight excluding hydrogens is 286 g/mol. The monoisotopic (exact) mass is 301 g/mol. The van der Waals surface area contributed by atoms with Crippen molar-refractivity contribution >= 4 is 11.4 Å². The first-order valence-corrected chi connectivity index (χ1v) is 7.36. The van der Waals surface area contributed by atoms with Gasteiger partial charge in [0.25, 0.3) is 0 Å². The highest BCUT2D eigenvalue weighted by molar-refractivity contribution is 5.64. The molecule has 2 aromatic heterocycles. The van der Waals surface area contributed by atoms with Crippen LogP contribution in [-0.2, 0) is 0 Å². The Morgan fingerprint density at radius 3 is 1.61 bits per heavy atom. The fourth-order valence-corrected chi connectivity index (χ4v) is 2.46. The molecule has 0 bridgehead atoms. The van der Waals surface area contributed by atoms with E-state index in [-0.39, 0.29) is 0 Å². The minimum atomic E-state index is 1.01. The Bertz CT molecular complexity index is 819. The van der Waals surface area contributed by atoms with Crippen LogP contribution < -0.4 is 5.32 Å². The number of hydrogen-bond acceptors (Lipinski definition) is 3. The maximum Gasteiger partial charge on any atom is 0.0666 e. The van der Waals surface area contributed by atoms with Gasteiger partial charge < -0.3 is 5.32 Å².